The lowest BCUT2D eigenvalue weighted by atomic mass is 10.2. The van der Waals surface area contributed by atoms with E-state index in [4.69, 9.17) is 11.6 Å². The van der Waals surface area contributed by atoms with Crippen molar-refractivity contribution in [3.05, 3.63) is 34.9 Å². The summed E-state index contributed by atoms with van der Waals surface area (Å²) in [5.74, 6) is 0.782. The molecule has 0 saturated heterocycles. The second-order valence-electron chi connectivity index (χ2n) is 5.79. The summed E-state index contributed by atoms with van der Waals surface area (Å²) in [5, 5.41) is 3.99. The molecule has 26 heavy (non-hydrogen) atoms. The highest BCUT2D eigenvalue weighted by molar-refractivity contribution is 14.0. The highest BCUT2D eigenvalue weighted by Gasteiger charge is 2.13. The van der Waals surface area contributed by atoms with E-state index < -0.39 is 10.0 Å². The molecule has 9 heteroatoms. The summed E-state index contributed by atoms with van der Waals surface area (Å²) in [6, 6.07) is 7.74. The smallest absolute Gasteiger partial charge is 0.211 e. The minimum atomic E-state index is -3.14. The van der Waals surface area contributed by atoms with Crippen LogP contribution in [0.25, 0.3) is 0 Å². The van der Waals surface area contributed by atoms with Crippen LogP contribution in [0.3, 0.4) is 0 Å². The Kier molecular flexibility index (Phi) is 12.5. The molecule has 1 aromatic rings. The maximum absolute atomic E-state index is 11.6. The topological polar surface area (TPSA) is 65.0 Å². The number of hydrogen-bond donors (Lipinski definition) is 1. The number of sulfonamides is 1. The average Bonchev–Trinajstić information content (AvgIpc) is 2.54. The molecule has 0 aliphatic heterocycles. The van der Waals surface area contributed by atoms with Crippen LogP contribution in [-0.2, 0) is 16.6 Å². The molecular formula is C17H30ClIN4O2S. The molecule has 0 aliphatic rings. The summed E-state index contributed by atoms with van der Waals surface area (Å²) in [7, 11) is -1.19. The first-order valence-corrected chi connectivity index (χ1v) is 10.7. The Morgan fingerprint density at radius 1 is 1.27 bits per heavy atom. The van der Waals surface area contributed by atoms with Gasteiger partial charge in [0, 0.05) is 44.8 Å². The number of halogens is 2. The second-order valence-corrected chi connectivity index (χ2v) is 8.18. The minimum Gasteiger partial charge on any atom is -0.357 e. The third-order valence-electron chi connectivity index (χ3n) is 3.71. The van der Waals surface area contributed by atoms with Crippen molar-refractivity contribution >= 4 is 51.6 Å². The van der Waals surface area contributed by atoms with Crippen LogP contribution in [-0.4, -0.2) is 63.1 Å². The van der Waals surface area contributed by atoms with E-state index in [0.717, 1.165) is 23.1 Å². The summed E-state index contributed by atoms with van der Waals surface area (Å²) in [6.45, 7) is 6.78. The number of guanidine groups is 1. The monoisotopic (exact) mass is 516 g/mol. The zero-order valence-corrected chi connectivity index (χ0v) is 19.8. The maximum Gasteiger partial charge on any atom is 0.211 e. The van der Waals surface area contributed by atoms with Crippen LogP contribution in [0, 0.1) is 0 Å². The Labute approximate surface area is 180 Å². The zero-order valence-electron chi connectivity index (χ0n) is 15.9. The van der Waals surface area contributed by atoms with Gasteiger partial charge in [0.05, 0.1) is 6.26 Å². The maximum atomic E-state index is 11.6. The van der Waals surface area contributed by atoms with Crippen molar-refractivity contribution in [2.75, 3.05) is 39.5 Å². The predicted molar refractivity (Wildman–Crippen MR) is 121 cm³/mol. The van der Waals surface area contributed by atoms with E-state index in [1.807, 2.05) is 50.1 Å². The SMILES string of the molecule is CCNC(=NCCCN(CC)S(C)(=O)=O)N(C)Cc1ccccc1Cl.I. The van der Waals surface area contributed by atoms with E-state index in [-0.39, 0.29) is 24.0 Å². The largest absolute Gasteiger partial charge is 0.357 e. The summed E-state index contributed by atoms with van der Waals surface area (Å²) in [4.78, 5) is 6.61. The van der Waals surface area contributed by atoms with Crippen LogP contribution < -0.4 is 5.32 Å². The molecule has 0 saturated carbocycles. The van der Waals surface area contributed by atoms with Gasteiger partial charge in [0.25, 0.3) is 0 Å². The van der Waals surface area contributed by atoms with E-state index in [2.05, 4.69) is 10.3 Å². The first kappa shape index (κ1) is 25.4. The van der Waals surface area contributed by atoms with Crippen LogP contribution in [0.2, 0.25) is 5.02 Å². The van der Waals surface area contributed by atoms with Gasteiger partial charge < -0.3 is 10.2 Å². The molecule has 0 amide bonds. The van der Waals surface area contributed by atoms with Gasteiger partial charge in [-0.1, -0.05) is 36.7 Å². The third kappa shape index (κ3) is 8.88. The first-order valence-electron chi connectivity index (χ1n) is 8.47. The van der Waals surface area contributed by atoms with E-state index in [1.165, 1.54) is 10.6 Å². The van der Waals surface area contributed by atoms with Crippen molar-refractivity contribution in [3.8, 4) is 0 Å². The molecule has 0 spiro atoms. The molecule has 0 bridgehead atoms. The molecule has 150 valence electrons. The number of hydrogen-bond acceptors (Lipinski definition) is 3. The number of nitrogens with zero attached hydrogens (tertiary/aromatic N) is 3. The highest BCUT2D eigenvalue weighted by atomic mass is 127. The van der Waals surface area contributed by atoms with E-state index >= 15 is 0 Å². The van der Waals surface area contributed by atoms with Crippen molar-refractivity contribution in [1.29, 1.82) is 0 Å². The van der Waals surface area contributed by atoms with E-state index in [1.54, 1.807) is 0 Å². The number of rotatable bonds is 9. The first-order chi connectivity index (χ1) is 11.8. The molecule has 0 unspecified atom stereocenters. The number of nitrogens with one attached hydrogen (secondary N) is 1. The van der Waals surface area contributed by atoms with Gasteiger partial charge in [0.2, 0.25) is 10.0 Å². The van der Waals surface area contributed by atoms with Crippen molar-refractivity contribution in [1.82, 2.24) is 14.5 Å². The van der Waals surface area contributed by atoms with Crippen molar-refractivity contribution in [2.24, 2.45) is 4.99 Å². The summed E-state index contributed by atoms with van der Waals surface area (Å²) >= 11 is 6.22. The normalized spacial score (nSPS) is 12.0. The zero-order chi connectivity index (χ0) is 18.9. The quantitative estimate of drug-likeness (QED) is 0.237. The van der Waals surface area contributed by atoms with Crippen molar-refractivity contribution < 1.29 is 8.42 Å². The molecule has 0 radical (unpaired) electrons. The average molecular weight is 517 g/mol. The predicted octanol–water partition coefficient (Wildman–Crippen LogP) is 3.03. The van der Waals surface area contributed by atoms with Gasteiger partial charge in [-0.3, -0.25) is 4.99 Å². The van der Waals surface area contributed by atoms with Gasteiger partial charge >= 0.3 is 0 Å². The molecule has 0 aliphatic carbocycles. The van der Waals surface area contributed by atoms with Gasteiger partial charge in [-0.2, -0.15) is 0 Å². The number of aliphatic imine (C=N–C) groups is 1. The van der Waals surface area contributed by atoms with Crippen LogP contribution in [0.15, 0.2) is 29.3 Å². The van der Waals surface area contributed by atoms with Gasteiger partial charge in [-0.15, -0.1) is 24.0 Å². The Morgan fingerprint density at radius 2 is 1.92 bits per heavy atom. The second kappa shape index (κ2) is 12.7. The molecule has 1 aromatic carbocycles. The van der Waals surface area contributed by atoms with Gasteiger partial charge in [0.1, 0.15) is 0 Å². The van der Waals surface area contributed by atoms with Gasteiger partial charge in [0.15, 0.2) is 5.96 Å². The van der Waals surface area contributed by atoms with Crippen LogP contribution in [0.4, 0.5) is 0 Å². The lowest BCUT2D eigenvalue weighted by molar-refractivity contribution is 0.425. The summed E-state index contributed by atoms with van der Waals surface area (Å²) < 4.78 is 24.6. The van der Waals surface area contributed by atoms with Crippen molar-refractivity contribution in [2.45, 2.75) is 26.8 Å². The van der Waals surface area contributed by atoms with Crippen LogP contribution in [0.5, 0.6) is 0 Å². The van der Waals surface area contributed by atoms with Gasteiger partial charge in [-0.05, 0) is 25.0 Å². The molecule has 1 N–H and O–H groups in total. The van der Waals surface area contributed by atoms with Crippen LogP contribution in [0.1, 0.15) is 25.8 Å². The summed E-state index contributed by atoms with van der Waals surface area (Å²) in [6.07, 6.45) is 1.91. The molecule has 6 nitrogen and oxygen atoms in total. The minimum absolute atomic E-state index is 0. The fourth-order valence-corrected chi connectivity index (χ4v) is 3.54. The molecule has 0 heterocycles. The van der Waals surface area contributed by atoms with Crippen LogP contribution >= 0.6 is 35.6 Å². The Balaban J connectivity index is 0.00000625. The lowest BCUT2D eigenvalue weighted by Gasteiger charge is -2.23. The molecule has 0 aromatic heterocycles. The molecule has 0 atom stereocenters. The highest BCUT2D eigenvalue weighted by Crippen LogP contribution is 2.16. The Morgan fingerprint density at radius 3 is 2.46 bits per heavy atom. The van der Waals surface area contributed by atoms with E-state index in [9.17, 15) is 8.42 Å². The number of benzene rings is 1. The van der Waals surface area contributed by atoms with E-state index in [0.29, 0.717) is 32.6 Å². The van der Waals surface area contributed by atoms with Gasteiger partial charge in [-0.25, -0.2) is 12.7 Å². The fraction of sp³-hybridized carbons (Fsp3) is 0.588. The fourth-order valence-electron chi connectivity index (χ4n) is 2.42. The third-order valence-corrected chi connectivity index (χ3v) is 5.46. The van der Waals surface area contributed by atoms with Crippen molar-refractivity contribution in [3.63, 3.8) is 0 Å². The Hall–Kier alpha value is -0.580. The molecular weight excluding hydrogens is 487 g/mol. The molecule has 1 rings (SSSR count). The molecule has 0 fully saturated rings. The lowest BCUT2D eigenvalue weighted by Crippen LogP contribution is -2.38. The standard InChI is InChI=1S/C17H29ClN4O2S.HI/c1-5-19-17(20-12-9-13-22(6-2)25(4,23)24)21(3)14-15-10-7-8-11-16(15)18;/h7-8,10-11H,5-6,9,12-14H2,1-4H3,(H,19,20);1H. The summed E-state index contributed by atoms with van der Waals surface area (Å²) in [5.41, 5.74) is 1.03. The Bertz CT molecular complexity index is 670.